The van der Waals surface area contributed by atoms with Gasteiger partial charge in [0.05, 0.1) is 17.8 Å². The van der Waals surface area contributed by atoms with Crippen LogP contribution in [0, 0.1) is 6.92 Å². The third-order valence-corrected chi connectivity index (χ3v) is 6.48. The fourth-order valence-electron chi connectivity index (χ4n) is 4.07. The van der Waals surface area contributed by atoms with Crippen LogP contribution in [0.3, 0.4) is 0 Å². The molecule has 42 heavy (non-hydrogen) atoms. The molecule has 2 aromatic carbocycles. The number of halogens is 4. The number of anilines is 1. The summed E-state index contributed by atoms with van der Waals surface area (Å²) in [6.45, 7) is 0.438. The van der Waals surface area contributed by atoms with Gasteiger partial charge >= 0.3 is 11.9 Å². The van der Waals surface area contributed by atoms with Gasteiger partial charge in [-0.15, -0.1) is 10.2 Å². The number of amides is 1. The van der Waals surface area contributed by atoms with E-state index in [-0.39, 0.29) is 23.8 Å². The van der Waals surface area contributed by atoms with E-state index >= 15 is 0 Å². The van der Waals surface area contributed by atoms with Crippen molar-refractivity contribution in [1.29, 1.82) is 0 Å². The summed E-state index contributed by atoms with van der Waals surface area (Å²) >= 11 is 5.93. The van der Waals surface area contributed by atoms with Crippen molar-refractivity contribution in [1.82, 2.24) is 34.1 Å². The second-order valence-electron chi connectivity index (χ2n) is 9.18. The van der Waals surface area contributed by atoms with Crippen molar-refractivity contribution >= 4 is 23.3 Å². The molecule has 1 amide bonds. The number of hydrogen-bond acceptors (Lipinski definition) is 7. The molecule has 0 aliphatic rings. The molecule has 3 aromatic heterocycles. The number of nitrogens with one attached hydrogen (secondary N) is 1. The zero-order valence-corrected chi connectivity index (χ0v) is 22.6. The summed E-state index contributed by atoms with van der Waals surface area (Å²) in [5.74, 6) is -0.0447. The number of carbonyl (C=O) groups is 1. The smallest absolute Gasteiger partial charge is 0.382 e. The molecule has 0 aliphatic carbocycles. The summed E-state index contributed by atoms with van der Waals surface area (Å²) in [5.41, 5.74) is 0.829. The number of alkyl halides is 3. The number of aliphatic hydroxyl groups is 1. The van der Waals surface area contributed by atoms with E-state index in [4.69, 9.17) is 11.6 Å². The lowest BCUT2D eigenvalue weighted by Gasteiger charge is -2.15. The number of nitrogens with zero attached hydrogens (tertiary/aromatic N) is 7. The Balaban J connectivity index is 1.45. The standard InChI is InChI=1S/C27H22ClF3N8O3/c1-16-5-4-12-32-23(16)34-25(41)19-6-2-3-7-20(19)39-15-33-22(35-39)14-38-26(42)37(13-21(40)27(29,30)31)24(36-38)17-8-10-18(28)11-9-17/h2-12,15,21,40H,13-14H2,1H3,(H,32,34,41)/t21-/m0/s1. The highest BCUT2D eigenvalue weighted by Gasteiger charge is 2.39. The fraction of sp³-hybridized carbons (Fsp3) is 0.185. The van der Waals surface area contributed by atoms with Crippen LogP contribution >= 0.6 is 11.6 Å². The van der Waals surface area contributed by atoms with E-state index in [1.54, 1.807) is 36.5 Å². The van der Waals surface area contributed by atoms with Crippen LogP contribution in [0.1, 0.15) is 21.7 Å². The average molecular weight is 599 g/mol. The molecule has 216 valence electrons. The molecule has 1 atom stereocenters. The Morgan fingerprint density at radius 1 is 1.05 bits per heavy atom. The second-order valence-corrected chi connectivity index (χ2v) is 9.62. The summed E-state index contributed by atoms with van der Waals surface area (Å²) in [6.07, 6.45) is -4.85. The van der Waals surface area contributed by atoms with E-state index < -0.39 is 30.4 Å². The number of carbonyl (C=O) groups excluding carboxylic acids is 1. The van der Waals surface area contributed by atoms with Crippen LogP contribution in [0.25, 0.3) is 17.1 Å². The lowest BCUT2D eigenvalue weighted by molar-refractivity contribution is -0.207. The summed E-state index contributed by atoms with van der Waals surface area (Å²) in [4.78, 5) is 34.6. The van der Waals surface area contributed by atoms with E-state index in [1.807, 2.05) is 13.0 Å². The lowest BCUT2D eigenvalue weighted by Crippen LogP contribution is -2.37. The van der Waals surface area contributed by atoms with Gasteiger partial charge in [-0.25, -0.2) is 24.1 Å². The molecule has 5 aromatic rings. The van der Waals surface area contributed by atoms with Gasteiger partial charge in [0.25, 0.3) is 5.91 Å². The molecular weight excluding hydrogens is 577 g/mol. The molecule has 3 heterocycles. The highest BCUT2D eigenvalue weighted by Crippen LogP contribution is 2.24. The number of aromatic nitrogens is 7. The Bertz CT molecular complexity index is 1800. The van der Waals surface area contributed by atoms with Crippen LogP contribution in [0.2, 0.25) is 5.02 Å². The zero-order valence-electron chi connectivity index (χ0n) is 21.8. The minimum absolute atomic E-state index is 0.0940. The Kier molecular flexibility index (Phi) is 7.91. The SMILES string of the molecule is Cc1cccnc1NC(=O)c1ccccc1-n1cnc(Cn2nc(-c3ccc(Cl)cc3)n(C[C@H](O)C(F)(F)F)c2=O)n1. The van der Waals surface area contributed by atoms with Gasteiger partial charge in [-0.05, 0) is 55.0 Å². The summed E-state index contributed by atoms with van der Waals surface area (Å²) < 4.78 is 42.4. The molecule has 15 heteroatoms. The minimum Gasteiger partial charge on any atom is -0.382 e. The first kappa shape index (κ1) is 28.7. The van der Waals surface area contributed by atoms with Crippen molar-refractivity contribution in [3.63, 3.8) is 0 Å². The van der Waals surface area contributed by atoms with E-state index in [2.05, 4.69) is 25.5 Å². The van der Waals surface area contributed by atoms with E-state index in [1.165, 1.54) is 35.3 Å². The molecule has 0 unspecified atom stereocenters. The normalized spacial score (nSPS) is 12.3. The predicted octanol–water partition coefficient (Wildman–Crippen LogP) is 3.87. The summed E-state index contributed by atoms with van der Waals surface area (Å²) in [5, 5.41) is 21.4. The highest BCUT2D eigenvalue weighted by molar-refractivity contribution is 6.30. The van der Waals surface area contributed by atoms with Gasteiger partial charge in [-0.3, -0.25) is 9.36 Å². The molecule has 0 fully saturated rings. The highest BCUT2D eigenvalue weighted by atomic mass is 35.5. The van der Waals surface area contributed by atoms with Gasteiger partial charge in [-0.2, -0.15) is 13.2 Å². The van der Waals surface area contributed by atoms with Crippen LogP contribution < -0.4 is 11.0 Å². The first-order chi connectivity index (χ1) is 20.0. The maximum Gasteiger partial charge on any atom is 0.416 e. The summed E-state index contributed by atoms with van der Waals surface area (Å²) in [7, 11) is 0. The molecule has 0 saturated heterocycles. The number of hydrogen-bond donors (Lipinski definition) is 2. The Morgan fingerprint density at radius 3 is 2.50 bits per heavy atom. The molecule has 0 spiro atoms. The minimum atomic E-state index is -4.95. The molecule has 0 aliphatic heterocycles. The van der Waals surface area contributed by atoms with Crippen LogP contribution in [-0.2, 0) is 13.1 Å². The van der Waals surface area contributed by atoms with Crippen molar-refractivity contribution in [2.45, 2.75) is 32.3 Å². The molecule has 0 bridgehead atoms. The molecule has 0 saturated carbocycles. The quantitative estimate of drug-likeness (QED) is 0.277. The fourth-order valence-corrected chi connectivity index (χ4v) is 4.20. The van der Waals surface area contributed by atoms with Crippen LogP contribution in [0.5, 0.6) is 0 Å². The number of benzene rings is 2. The Hall–Kier alpha value is -4.82. The van der Waals surface area contributed by atoms with Crippen molar-refractivity contribution in [2.75, 3.05) is 5.32 Å². The zero-order chi connectivity index (χ0) is 30.0. The number of rotatable bonds is 8. The molecule has 2 N–H and O–H groups in total. The van der Waals surface area contributed by atoms with Gasteiger partial charge in [-0.1, -0.05) is 29.8 Å². The predicted molar refractivity (Wildman–Crippen MR) is 146 cm³/mol. The maximum absolute atomic E-state index is 13.2. The first-order valence-electron chi connectivity index (χ1n) is 12.4. The van der Waals surface area contributed by atoms with Crippen LogP contribution in [0.4, 0.5) is 19.0 Å². The van der Waals surface area contributed by atoms with Crippen LogP contribution in [-0.4, -0.2) is 57.4 Å². The van der Waals surface area contributed by atoms with Crippen molar-refractivity contribution in [3.8, 4) is 17.1 Å². The number of pyridine rings is 1. The summed E-state index contributed by atoms with van der Waals surface area (Å²) in [6, 6.07) is 16.2. The monoisotopic (exact) mass is 598 g/mol. The van der Waals surface area contributed by atoms with E-state index in [9.17, 15) is 27.9 Å². The Morgan fingerprint density at radius 2 is 1.79 bits per heavy atom. The van der Waals surface area contributed by atoms with Crippen molar-refractivity contribution in [2.24, 2.45) is 0 Å². The van der Waals surface area contributed by atoms with E-state index in [0.717, 1.165) is 14.8 Å². The number of aliphatic hydroxyl groups excluding tert-OH is 1. The van der Waals surface area contributed by atoms with Gasteiger partial charge < -0.3 is 10.4 Å². The van der Waals surface area contributed by atoms with Crippen LogP contribution in [0.15, 0.2) is 78.0 Å². The number of para-hydroxylation sites is 1. The molecule has 5 rings (SSSR count). The Labute approximate surface area is 240 Å². The second kappa shape index (κ2) is 11.6. The number of aryl methyl sites for hydroxylation is 1. The van der Waals surface area contributed by atoms with Gasteiger partial charge in [0.2, 0.25) is 0 Å². The largest absolute Gasteiger partial charge is 0.416 e. The molecule has 11 nitrogen and oxygen atoms in total. The third-order valence-electron chi connectivity index (χ3n) is 6.23. The van der Waals surface area contributed by atoms with Crippen molar-refractivity contribution < 1.29 is 23.1 Å². The maximum atomic E-state index is 13.2. The third kappa shape index (κ3) is 6.09. The lowest BCUT2D eigenvalue weighted by atomic mass is 10.1. The topological polar surface area (TPSA) is 133 Å². The molecular formula is C27H22ClF3N8O3. The van der Waals surface area contributed by atoms with Gasteiger partial charge in [0, 0.05) is 16.8 Å². The first-order valence-corrected chi connectivity index (χ1v) is 12.8. The molecule has 0 radical (unpaired) electrons. The van der Waals surface area contributed by atoms with Gasteiger partial charge in [0.15, 0.2) is 17.8 Å². The van der Waals surface area contributed by atoms with Crippen molar-refractivity contribution in [3.05, 3.63) is 106 Å². The van der Waals surface area contributed by atoms with Gasteiger partial charge in [0.1, 0.15) is 18.7 Å². The van der Waals surface area contributed by atoms with E-state index in [0.29, 0.717) is 22.1 Å². The average Bonchev–Trinajstić information content (AvgIpc) is 3.55.